The number of aliphatic hydroxyl groups excluding tert-OH is 5. The van der Waals surface area contributed by atoms with E-state index in [1.807, 2.05) is 0 Å². The molecule has 1 aliphatic carbocycles. The third-order valence-electron chi connectivity index (χ3n) is 6.30. The topological polar surface area (TPSA) is 155 Å². The highest BCUT2D eigenvalue weighted by Gasteiger charge is 2.67. The molecule has 10 unspecified atom stereocenters. The Kier molecular flexibility index (Phi) is 5.76. The fourth-order valence-electron chi connectivity index (χ4n) is 4.52. The smallest absolute Gasteiger partial charge is 0.303 e. The first kappa shape index (κ1) is 21.4. The molecule has 1 saturated carbocycles. The van der Waals surface area contributed by atoms with Gasteiger partial charge < -0.3 is 44.5 Å². The first-order valence-electron chi connectivity index (χ1n) is 9.21. The van der Waals surface area contributed by atoms with E-state index in [-0.39, 0.29) is 6.42 Å². The molecule has 0 aromatic carbocycles. The molecule has 0 bridgehead atoms. The number of fused-ring (bicyclic) bond motifs is 1. The van der Waals surface area contributed by atoms with Crippen molar-refractivity contribution in [3.63, 3.8) is 0 Å². The predicted octanol–water partition coefficient (Wildman–Crippen LogP) is -1.62. The highest BCUT2D eigenvalue weighted by molar-refractivity contribution is 5.66. The lowest BCUT2D eigenvalue weighted by Gasteiger charge is -2.49. The molecule has 160 valence electrons. The third-order valence-corrected chi connectivity index (χ3v) is 6.30. The second-order valence-corrected chi connectivity index (χ2v) is 8.03. The van der Waals surface area contributed by atoms with Crippen LogP contribution >= 0.6 is 0 Å². The van der Waals surface area contributed by atoms with Crippen LogP contribution in [0.1, 0.15) is 27.2 Å². The summed E-state index contributed by atoms with van der Waals surface area (Å²) in [5.74, 6) is -1.00. The van der Waals surface area contributed by atoms with E-state index >= 15 is 0 Å². The predicted molar refractivity (Wildman–Crippen MR) is 91.3 cm³/mol. The average Bonchev–Trinajstić information content (AvgIpc) is 2.81. The molecule has 0 amide bonds. The van der Waals surface area contributed by atoms with Crippen molar-refractivity contribution in [2.75, 3.05) is 6.61 Å². The molecule has 0 spiro atoms. The minimum atomic E-state index is -1.61. The molecule has 0 aromatic rings. The van der Waals surface area contributed by atoms with Gasteiger partial charge in [0.05, 0.1) is 24.4 Å². The van der Waals surface area contributed by atoms with Gasteiger partial charge in [-0.1, -0.05) is 0 Å². The van der Waals surface area contributed by atoms with Crippen molar-refractivity contribution in [2.45, 2.75) is 75.9 Å². The highest BCUT2D eigenvalue weighted by Crippen LogP contribution is 2.58. The van der Waals surface area contributed by atoms with Crippen LogP contribution in [0.25, 0.3) is 0 Å². The summed E-state index contributed by atoms with van der Waals surface area (Å²) in [5.41, 5.74) is -2.20. The standard InChI is InChI=1S/C18H28O10/c1-8(20)28-17(2)6-10(21)9-4-5-25-16(18(9,17)3)27-15-14(24)13(23)12(22)11(7-19)26-15/h4-5,9-16,19,21-24H,6-7H2,1-3H3. The van der Waals surface area contributed by atoms with E-state index < -0.39 is 72.6 Å². The molecular formula is C18H28O10. The van der Waals surface area contributed by atoms with Gasteiger partial charge in [0.15, 0.2) is 6.29 Å². The van der Waals surface area contributed by atoms with E-state index in [2.05, 4.69) is 0 Å². The van der Waals surface area contributed by atoms with Gasteiger partial charge in [0.25, 0.3) is 0 Å². The van der Waals surface area contributed by atoms with Crippen LogP contribution in [0.5, 0.6) is 0 Å². The van der Waals surface area contributed by atoms with Gasteiger partial charge in [0.2, 0.25) is 6.29 Å². The van der Waals surface area contributed by atoms with E-state index in [1.54, 1.807) is 19.9 Å². The Labute approximate surface area is 162 Å². The lowest BCUT2D eigenvalue weighted by Crippen LogP contribution is -2.62. The summed E-state index contributed by atoms with van der Waals surface area (Å²) >= 11 is 0. The Morgan fingerprint density at radius 3 is 2.46 bits per heavy atom. The largest absolute Gasteiger partial charge is 0.472 e. The molecule has 10 heteroatoms. The Bertz CT molecular complexity index is 623. The summed E-state index contributed by atoms with van der Waals surface area (Å²) in [6, 6.07) is 0. The van der Waals surface area contributed by atoms with Crippen molar-refractivity contribution in [2.24, 2.45) is 11.3 Å². The molecule has 2 aliphatic heterocycles. The molecule has 1 saturated heterocycles. The summed E-state index contributed by atoms with van der Waals surface area (Å²) in [6.07, 6.45) is -6.08. The summed E-state index contributed by atoms with van der Waals surface area (Å²) in [7, 11) is 0. The van der Waals surface area contributed by atoms with Crippen molar-refractivity contribution in [3.8, 4) is 0 Å². The molecule has 5 N–H and O–H groups in total. The Hall–Kier alpha value is -1.27. The van der Waals surface area contributed by atoms with Crippen LogP contribution in [-0.4, -0.2) is 86.8 Å². The van der Waals surface area contributed by atoms with Gasteiger partial charge in [-0.25, -0.2) is 0 Å². The monoisotopic (exact) mass is 404 g/mol. The number of aliphatic hydroxyl groups is 5. The van der Waals surface area contributed by atoms with Crippen molar-refractivity contribution in [1.82, 2.24) is 0 Å². The first-order chi connectivity index (χ1) is 13.0. The van der Waals surface area contributed by atoms with Crippen LogP contribution in [0.15, 0.2) is 12.3 Å². The summed E-state index contributed by atoms with van der Waals surface area (Å²) in [5, 5.41) is 50.0. The molecule has 3 aliphatic rings. The van der Waals surface area contributed by atoms with Crippen LogP contribution in [0.3, 0.4) is 0 Å². The number of rotatable bonds is 4. The van der Waals surface area contributed by atoms with Gasteiger partial charge in [-0.2, -0.15) is 0 Å². The van der Waals surface area contributed by atoms with Crippen LogP contribution in [0.2, 0.25) is 0 Å². The first-order valence-corrected chi connectivity index (χ1v) is 9.21. The van der Waals surface area contributed by atoms with E-state index in [0.717, 1.165) is 0 Å². The Morgan fingerprint density at radius 1 is 1.18 bits per heavy atom. The number of esters is 1. The molecular weight excluding hydrogens is 376 g/mol. The van der Waals surface area contributed by atoms with Crippen molar-refractivity contribution in [3.05, 3.63) is 12.3 Å². The molecule has 10 atom stereocenters. The maximum Gasteiger partial charge on any atom is 0.303 e. The summed E-state index contributed by atoms with van der Waals surface area (Å²) < 4.78 is 22.3. The number of hydrogen-bond acceptors (Lipinski definition) is 10. The minimum absolute atomic E-state index is 0.149. The lowest BCUT2D eigenvalue weighted by molar-refractivity contribution is -0.359. The normalized spacial score (nSPS) is 50.7. The van der Waals surface area contributed by atoms with Crippen molar-refractivity contribution in [1.29, 1.82) is 0 Å². The summed E-state index contributed by atoms with van der Waals surface area (Å²) in [4.78, 5) is 11.7. The number of ether oxygens (including phenoxy) is 4. The van der Waals surface area contributed by atoms with Gasteiger partial charge in [-0.3, -0.25) is 4.79 Å². The second kappa shape index (κ2) is 7.52. The third kappa shape index (κ3) is 3.22. The van der Waals surface area contributed by atoms with E-state index in [9.17, 15) is 30.3 Å². The fraction of sp³-hybridized carbons (Fsp3) is 0.833. The summed E-state index contributed by atoms with van der Waals surface area (Å²) in [6.45, 7) is 4.07. The molecule has 10 nitrogen and oxygen atoms in total. The SMILES string of the molecule is CC(=O)OC1(C)CC(O)C2C=COC(OC3OC(CO)C(O)C(O)C3O)C21C. The van der Waals surface area contributed by atoms with E-state index in [4.69, 9.17) is 18.9 Å². The van der Waals surface area contributed by atoms with Crippen molar-refractivity contribution < 1.29 is 49.3 Å². The zero-order valence-corrected chi connectivity index (χ0v) is 16.0. The van der Waals surface area contributed by atoms with E-state index in [1.165, 1.54) is 13.2 Å². The quantitative estimate of drug-likeness (QED) is 0.345. The zero-order chi connectivity index (χ0) is 20.9. The lowest BCUT2D eigenvalue weighted by atomic mass is 9.69. The highest BCUT2D eigenvalue weighted by atomic mass is 16.8. The maximum atomic E-state index is 11.7. The molecule has 0 radical (unpaired) electrons. The van der Waals surface area contributed by atoms with Gasteiger partial charge in [-0.05, 0) is 19.9 Å². The molecule has 2 heterocycles. The van der Waals surface area contributed by atoms with Gasteiger partial charge in [0, 0.05) is 19.3 Å². The Morgan fingerprint density at radius 2 is 1.86 bits per heavy atom. The zero-order valence-electron chi connectivity index (χ0n) is 16.0. The Balaban J connectivity index is 1.89. The fourth-order valence-corrected chi connectivity index (χ4v) is 4.52. The van der Waals surface area contributed by atoms with Gasteiger partial charge in [-0.15, -0.1) is 0 Å². The number of carbonyl (C=O) groups is 1. The van der Waals surface area contributed by atoms with Crippen LogP contribution in [0.4, 0.5) is 0 Å². The van der Waals surface area contributed by atoms with Gasteiger partial charge in [0.1, 0.15) is 30.0 Å². The second-order valence-electron chi connectivity index (χ2n) is 8.03. The number of hydrogen-bond donors (Lipinski definition) is 5. The number of carbonyl (C=O) groups excluding carboxylic acids is 1. The van der Waals surface area contributed by atoms with Crippen molar-refractivity contribution >= 4 is 5.97 Å². The van der Waals surface area contributed by atoms with E-state index in [0.29, 0.717) is 0 Å². The van der Waals surface area contributed by atoms with Crippen LogP contribution in [0, 0.1) is 11.3 Å². The molecule has 3 rings (SSSR count). The molecule has 2 fully saturated rings. The minimum Gasteiger partial charge on any atom is -0.472 e. The van der Waals surface area contributed by atoms with Crippen LogP contribution < -0.4 is 0 Å². The maximum absolute atomic E-state index is 11.7. The average molecular weight is 404 g/mol. The van der Waals surface area contributed by atoms with Gasteiger partial charge >= 0.3 is 5.97 Å². The molecule has 28 heavy (non-hydrogen) atoms. The molecule has 0 aromatic heterocycles. The van der Waals surface area contributed by atoms with Crippen LogP contribution in [-0.2, 0) is 23.7 Å².